The molecule has 1 aromatic carbocycles. The van der Waals surface area contributed by atoms with Crippen molar-refractivity contribution in [2.45, 2.75) is 46.6 Å². The predicted molar refractivity (Wildman–Crippen MR) is 87.0 cm³/mol. The molecule has 0 spiro atoms. The highest BCUT2D eigenvalue weighted by Gasteiger charge is 2.42. The third kappa shape index (κ3) is 4.75. The number of hydroxylamine groups is 2. The molecule has 1 amide bonds. The van der Waals surface area contributed by atoms with Gasteiger partial charge in [-0.3, -0.25) is 4.18 Å². The molecule has 3 atom stereocenters. The highest BCUT2D eigenvalue weighted by atomic mass is 32.2. The Morgan fingerprint density at radius 3 is 2.45 bits per heavy atom. The number of hydrogen-bond acceptors (Lipinski definition) is 4. The molecule has 0 aliphatic heterocycles. The lowest BCUT2D eigenvalue weighted by atomic mass is 10.3. The maximum absolute atomic E-state index is 12.2. The Balaban J connectivity index is 3.21. The van der Waals surface area contributed by atoms with E-state index in [1.165, 1.54) is 6.92 Å². The maximum Gasteiger partial charge on any atom is 0.362 e. The monoisotopic (exact) mass is 324 g/mol. The zero-order valence-corrected chi connectivity index (χ0v) is 14.2. The van der Waals surface area contributed by atoms with Crippen LogP contribution >= 0.6 is 0 Å². The van der Waals surface area contributed by atoms with Gasteiger partial charge in [-0.2, -0.15) is 4.21 Å². The summed E-state index contributed by atoms with van der Waals surface area (Å²) in [5.41, 5.74) is 0.483. The molecule has 120 valence electrons. The summed E-state index contributed by atoms with van der Waals surface area (Å²) in [6.07, 6.45) is 0.980. The van der Waals surface area contributed by atoms with Gasteiger partial charge in [0.25, 0.3) is 0 Å². The van der Waals surface area contributed by atoms with Crippen LogP contribution in [0.25, 0.3) is 0 Å². The Morgan fingerprint density at radius 1 is 1.32 bits per heavy atom. The highest BCUT2D eigenvalue weighted by molar-refractivity contribution is 7.75. The molecule has 0 heterocycles. The van der Waals surface area contributed by atoms with Gasteiger partial charge in [-0.1, -0.05) is 32.0 Å². The predicted octanol–water partition coefficient (Wildman–Crippen LogP) is 3.24. The molecule has 1 aromatic rings. The van der Waals surface area contributed by atoms with E-state index >= 15 is 0 Å². The number of nitrogens with zero attached hydrogens (tertiary/aromatic N) is 1. The Kier molecular flexibility index (Phi) is 7.42. The average Bonchev–Trinajstić information content (AvgIpc) is 2.51. The molecule has 0 fully saturated rings. The molecule has 0 aliphatic carbocycles. The van der Waals surface area contributed by atoms with E-state index in [4.69, 9.17) is 8.47 Å². The van der Waals surface area contributed by atoms with E-state index in [-0.39, 0.29) is 6.10 Å². The van der Waals surface area contributed by atoms with Crippen LogP contribution in [0.3, 0.4) is 0 Å². The van der Waals surface area contributed by atoms with Gasteiger partial charge in [0.2, 0.25) is 0 Å². The lowest BCUT2D eigenvalue weighted by Crippen LogP contribution is -2.49. The van der Waals surface area contributed by atoms with Gasteiger partial charge in [0, 0.05) is 23.2 Å². The summed E-state index contributed by atoms with van der Waals surface area (Å²) in [5, 5.41) is 0. The molecule has 5 nitrogen and oxygen atoms in total. The van der Waals surface area contributed by atoms with Gasteiger partial charge >= 0.3 is 17.3 Å². The van der Waals surface area contributed by atoms with Crippen LogP contribution in [0.1, 0.15) is 40.5 Å². The van der Waals surface area contributed by atoms with Crippen molar-refractivity contribution >= 4 is 23.0 Å². The van der Waals surface area contributed by atoms with Gasteiger partial charge in [-0.25, -0.2) is 4.79 Å². The molecule has 0 radical (unpaired) electrons. The van der Waals surface area contributed by atoms with Gasteiger partial charge in [0.05, 0.1) is 13.0 Å². The molecular weight excluding hydrogens is 302 g/mol. The second-order valence-electron chi connectivity index (χ2n) is 4.70. The summed E-state index contributed by atoms with van der Waals surface area (Å²) >= 11 is -2.10. The minimum absolute atomic E-state index is 0.246. The molecule has 1 rings (SSSR count). The molecule has 0 aromatic heterocycles. The van der Waals surface area contributed by atoms with Crippen LogP contribution in [-0.4, -0.2) is 16.2 Å². The van der Waals surface area contributed by atoms with E-state index in [9.17, 15) is 9.00 Å². The zero-order valence-electron chi connectivity index (χ0n) is 13.4. The number of carbonyl (C=O) groups is 1. The molecule has 6 heteroatoms. The van der Waals surface area contributed by atoms with E-state index < -0.39 is 21.9 Å². The normalized spacial score (nSPS) is 16.0. The molecule has 22 heavy (non-hydrogen) atoms. The molecular formula is C16H22NO4S+. The molecule has 0 saturated carbocycles. The van der Waals surface area contributed by atoms with Gasteiger partial charge in [-0.05, 0) is 23.5 Å². The Hall–Kier alpha value is -1.52. The number of hydrogen-bond donors (Lipinski definition) is 0. The summed E-state index contributed by atoms with van der Waals surface area (Å²) in [6.45, 7) is 6.89. The van der Waals surface area contributed by atoms with Crippen molar-refractivity contribution in [1.29, 1.82) is 0 Å². The summed E-state index contributed by atoms with van der Waals surface area (Å²) < 4.78 is 22.0. The third-order valence-electron chi connectivity index (χ3n) is 2.97. The van der Waals surface area contributed by atoms with Crippen molar-refractivity contribution < 1.29 is 17.5 Å². The lowest BCUT2D eigenvalue weighted by molar-refractivity contribution is -0.142. The van der Waals surface area contributed by atoms with Crippen LogP contribution < -0.4 is 4.65 Å². The Morgan fingerprint density at radius 2 is 1.95 bits per heavy atom. The van der Waals surface area contributed by atoms with Crippen LogP contribution in [0.2, 0.25) is 0 Å². The third-order valence-corrected chi connectivity index (χ3v) is 3.80. The van der Waals surface area contributed by atoms with Crippen molar-refractivity contribution in [2.24, 2.45) is 0 Å². The second kappa shape index (κ2) is 8.81. The van der Waals surface area contributed by atoms with Gasteiger partial charge < -0.3 is 0 Å². The summed E-state index contributed by atoms with van der Waals surface area (Å²) in [6, 6.07) is 11.5. The van der Waals surface area contributed by atoms with E-state index in [1.54, 1.807) is 31.2 Å². The largest absolute Gasteiger partial charge is 0.362 e. The molecule has 0 saturated heterocycles. The van der Waals surface area contributed by atoms with Crippen molar-refractivity contribution in [2.75, 3.05) is 0 Å². The van der Waals surface area contributed by atoms with Gasteiger partial charge in [-0.15, -0.1) is 0 Å². The quantitative estimate of drug-likeness (QED) is 0.458. The average molecular weight is 324 g/mol. The van der Waals surface area contributed by atoms with Crippen LogP contribution in [-0.2, 0) is 24.6 Å². The highest BCUT2D eigenvalue weighted by Crippen LogP contribution is 2.25. The number of para-hydroxylation sites is 1. The maximum atomic E-state index is 12.2. The van der Waals surface area contributed by atoms with Crippen molar-refractivity contribution in [3.05, 3.63) is 30.3 Å². The summed E-state index contributed by atoms with van der Waals surface area (Å²) in [4.78, 5) is 12.2. The minimum Gasteiger partial charge on any atom is -0.262 e. The van der Waals surface area contributed by atoms with Gasteiger partial charge in [0.15, 0.2) is 11.7 Å². The van der Waals surface area contributed by atoms with E-state index in [0.29, 0.717) is 18.5 Å². The van der Waals surface area contributed by atoms with Crippen molar-refractivity contribution in [3.8, 4) is 12.0 Å². The minimum atomic E-state index is -2.10. The van der Waals surface area contributed by atoms with Crippen LogP contribution in [0.15, 0.2) is 30.3 Å². The van der Waals surface area contributed by atoms with Crippen molar-refractivity contribution in [3.63, 3.8) is 0 Å². The van der Waals surface area contributed by atoms with Gasteiger partial charge in [0.1, 0.15) is 0 Å². The van der Waals surface area contributed by atoms with E-state index in [0.717, 1.165) is 0 Å². The van der Waals surface area contributed by atoms with Crippen LogP contribution in [0, 0.1) is 12.0 Å². The standard InChI is InChI=1S/C16H22NO4S/c1-5-7-13-17(15(4)18,16-11-9-8-10-12-16)21-22(19)20-14(3)6-2/h8-12,14H,5-6H2,1-4H3/q+1. The first-order valence-electron chi connectivity index (χ1n) is 7.21. The molecule has 0 aliphatic rings. The van der Waals surface area contributed by atoms with Crippen LogP contribution in [0.5, 0.6) is 0 Å². The SMILES string of the molecule is CCC#C[N+](OS(=O)OC(C)CC)(C(C)=O)c1ccccc1. The second-order valence-corrected chi connectivity index (χ2v) is 5.45. The fourth-order valence-corrected chi connectivity index (χ4v) is 2.43. The molecule has 3 unspecified atom stereocenters. The van der Waals surface area contributed by atoms with Crippen molar-refractivity contribution in [1.82, 2.24) is 4.65 Å². The van der Waals surface area contributed by atoms with E-state index in [1.807, 2.05) is 19.9 Å². The summed E-state index contributed by atoms with van der Waals surface area (Å²) in [7, 11) is 0. The smallest absolute Gasteiger partial charge is 0.262 e. The lowest BCUT2D eigenvalue weighted by Gasteiger charge is -2.23. The number of rotatable bonds is 6. The summed E-state index contributed by atoms with van der Waals surface area (Å²) in [5.74, 6) is 2.43. The van der Waals surface area contributed by atoms with Crippen LogP contribution in [0.4, 0.5) is 5.69 Å². The first kappa shape index (κ1) is 18.5. The molecule has 0 N–H and O–H groups in total. The number of amides is 1. The molecule has 0 bridgehead atoms. The number of carbonyl (C=O) groups excluding carboxylic acids is 1. The number of quaternary nitrogens is 1. The topological polar surface area (TPSA) is 52.6 Å². The fraction of sp³-hybridized carbons (Fsp3) is 0.438. The van der Waals surface area contributed by atoms with E-state index in [2.05, 4.69) is 12.0 Å². The first-order chi connectivity index (χ1) is 10.5. The first-order valence-corrected chi connectivity index (χ1v) is 8.21. The Labute approximate surface area is 134 Å². The fourth-order valence-electron chi connectivity index (χ4n) is 1.58. The Bertz CT molecular complexity index is 579. The zero-order chi connectivity index (χ0) is 16.6. The number of benzene rings is 1.